The molecule has 2 atom stereocenters. The maximum Gasteiger partial charge on any atom is 0.306 e. The van der Waals surface area contributed by atoms with E-state index in [1.165, 1.54) is 372 Å². The van der Waals surface area contributed by atoms with Crippen molar-refractivity contribution in [2.24, 2.45) is 0 Å². The number of allylic oxidation sites excluding steroid dienone is 10. The highest BCUT2D eigenvalue weighted by Crippen LogP contribution is 2.21. The van der Waals surface area contributed by atoms with E-state index in [1.807, 2.05) is 21.1 Å². The summed E-state index contributed by atoms with van der Waals surface area (Å²) in [5.74, 6) is -2.24. The van der Waals surface area contributed by atoms with Gasteiger partial charge in [-0.3, -0.25) is 9.59 Å². The summed E-state index contributed by atoms with van der Waals surface area (Å²) in [5.41, 5.74) is 0. The summed E-state index contributed by atoms with van der Waals surface area (Å²) in [4.78, 5) is 37.7. The summed E-state index contributed by atoms with van der Waals surface area (Å²) >= 11 is 0. The fraction of sp³-hybridized carbons (Fsp3) is 0.862. The Labute approximate surface area is 641 Å². The van der Waals surface area contributed by atoms with Gasteiger partial charge in [-0.15, -0.1) is 0 Å². The molecular formula is C94H175NO8. The lowest BCUT2D eigenvalue weighted by Crippen LogP contribution is -2.44. The van der Waals surface area contributed by atoms with Crippen molar-refractivity contribution in [3.05, 3.63) is 60.8 Å². The van der Waals surface area contributed by atoms with E-state index in [1.54, 1.807) is 0 Å². The van der Waals surface area contributed by atoms with Gasteiger partial charge in [0, 0.05) is 12.8 Å². The van der Waals surface area contributed by atoms with Crippen LogP contribution in [-0.4, -0.2) is 82.3 Å². The number of quaternary nitrogens is 1. The maximum atomic E-state index is 13.0. The van der Waals surface area contributed by atoms with Gasteiger partial charge in [-0.1, -0.05) is 434 Å². The molecule has 0 spiro atoms. The van der Waals surface area contributed by atoms with Crippen molar-refractivity contribution in [1.82, 2.24) is 0 Å². The number of hydrogen-bond donors (Lipinski definition) is 0. The van der Waals surface area contributed by atoms with Crippen molar-refractivity contribution < 1.29 is 42.9 Å². The van der Waals surface area contributed by atoms with Crippen LogP contribution in [0.15, 0.2) is 60.8 Å². The average Bonchev–Trinajstić information content (AvgIpc) is 1.01. The lowest BCUT2D eigenvalue weighted by atomic mass is 10.0. The van der Waals surface area contributed by atoms with Crippen molar-refractivity contribution >= 4 is 17.9 Å². The number of carbonyl (C=O) groups excluding carboxylic acids is 3. The third kappa shape index (κ3) is 86.1. The minimum atomic E-state index is -1.62. The second-order valence-electron chi connectivity index (χ2n) is 32.2. The molecule has 0 aliphatic rings. The molecule has 0 aliphatic carbocycles. The van der Waals surface area contributed by atoms with Crippen LogP contribution >= 0.6 is 0 Å². The van der Waals surface area contributed by atoms with Crippen molar-refractivity contribution in [3.8, 4) is 0 Å². The topological polar surface area (TPSA) is 111 Å². The molecule has 604 valence electrons. The third-order valence-electron chi connectivity index (χ3n) is 20.7. The number of likely N-dealkylation sites (N-methyl/N-ethyl adjacent to an activating group) is 1. The molecule has 2 unspecified atom stereocenters. The van der Waals surface area contributed by atoms with Crippen LogP contribution in [0.25, 0.3) is 0 Å². The number of carboxylic acid groups (broad SMARTS) is 1. The normalized spacial score (nSPS) is 12.8. The minimum absolute atomic E-state index is 0.151. The molecule has 0 N–H and O–H groups in total. The number of esters is 2. The lowest BCUT2D eigenvalue weighted by molar-refractivity contribution is -0.870. The Balaban J connectivity index is 3.88. The van der Waals surface area contributed by atoms with Crippen LogP contribution in [0.3, 0.4) is 0 Å². The number of nitrogens with zero attached hydrogens (tertiary/aromatic N) is 1. The summed E-state index contributed by atoms with van der Waals surface area (Å²) < 4.78 is 22.9. The first-order valence-corrected chi connectivity index (χ1v) is 45.4. The first kappa shape index (κ1) is 100.0. The van der Waals surface area contributed by atoms with Crippen molar-refractivity contribution in [2.75, 3.05) is 47.5 Å². The zero-order valence-corrected chi connectivity index (χ0v) is 69.5. The molecular weight excluding hydrogens is 1270 g/mol. The molecule has 0 radical (unpaired) electrons. The minimum Gasteiger partial charge on any atom is -0.545 e. The number of aliphatic carboxylic acids is 1. The molecule has 0 aromatic carbocycles. The lowest BCUT2D eigenvalue weighted by Gasteiger charge is -2.26. The average molecular weight is 1450 g/mol. The van der Waals surface area contributed by atoms with Gasteiger partial charge in [-0.25, -0.2) is 0 Å². The van der Waals surface area contributed by atoms with E-state index in [4.69, 9.17) is 18.9 Å². The molecule has 0 rings (SSSR count). The van der Waals surface area contributed by atoms with Crippen LogP contribution in [0.4, 0.5) is 0 Å². The molecule has 0 bridgehead atoms. The van der Waals surface area contributed by atoms with Gasteiger partial charge in [0.05, 0.1) is 40.3 Å². The predicted octanol–water partition coefficient (Wildman–Crippen LogP) is 28.4. The van der Waals surface area contributed by atoms with Gasteiger partial charge in [-0.05, 0) is 77.0 Å². The molecule has 0 heterocycles. The van der Waals surface area contributed by atoms with Crippen LogP contribution in [0.2, 0.25) is 0 Å². The van der Waals surface area contributed by atoms with E-state index in [0.717, 1.165) is 64.2 Å². The van der Waals surface area contributed by atoms with E-state index in [0.29, 0.717) is 17.4 Å². The van der Waals surface area contributed by atoms with E-state index >= 15 is 0 Å². The second kappa shape index (κ2) is 84.6. The number of carboxylic acids is 1. The summed E-state index contributed by atoms with van der Waals surface area (Å²) in [6.07, 6.45) is 111. The Morgan fingerprint density at radius 1 is 0.301 bits per heavy atom. The number of rotatable bonds is 86. The molecule has 9 heteroatoms. The first-order valence-electron chi connectivity index (χ1n) is 45.4. The highest BCUT2D eigenvalue weighted by molar-refractivity contribution is 5.70. The molecule has 0 saturated carbocycles. The van der Waals surface area contributed by atoms with Gasteiger partial charge in [0.2, 0.25) is 0 Å². The van der Waals surface area contributed by atoms with Crippen LogP contribution in [0.5, 0.6) is 0 Å². The molecule has 0 aromatic heterocycles. The smallest absolute Gasteiger partial charge is 0.306 e. The Morgan fingerprint density at radius 2 is 0.553 bits per heavy atom. The van der Waals surface area contributed by atoms with Gasteiger partial charge < -0.3 is 33.3 Å². The van der Waals surface area contributed by atoms with Crippen LogP contribution in [-0.2, 0) is 33.3 Å². The zero-order valence-electron chi connectivity index (χ0n) is 69.5. The van der Waals surface area contributed by atoms with Gasteiger partial charge in [0.15, 0.2) is 12.4 Å². The van der Waals surface area contributed by atoms with Gasteiger partial charge >= 0.3 is 11.9 Å². The molecule has 0 saturated heterocycles. The Morgan fingerprint density at radius 3 is 0.835 bits per heavy atom. The van der Waals surface area contributed by atoms with Gasteiger partial charge in [-0.2, -0.15) is 0 Å². The fourth-order valence-corrected chi connectivity index (χ4v) is 13.9. The third-order valence-corrected chi connectivity index (χ3v) is 20.7. The Kier molecular flexibility index (Phi) is 82.1. The second-order valence-corrected chi connectivity index (χ2v) is 32.2. The van der Waals surface area contributed by atoms with Crippen molar-refractivity contribution in [1.29, 1.82) is 0 Å². The molecule has 0 aromatic rings. The number of carbonyl (C=O) groups is 3. The number of hydrogen-bond acceptors (Lipinski definition) is 8. The van der Waals surface area contributed by atoms with E-state index in [2.05, 4.69) is 74.6 Å². The number of unbranched alkanes of at least 4 members (excludes halogenated alkanes) is 61. The SMILES string of the molecule is CC/C=C\C/C=C\C/C=C\C/C=C\CCCCCCCCCCCCCCCCCCCCCCCCCCCCCCC(=O)OC(COC(=O)CCCCCCCCCCCCCCCCCCCCCCCCCCC/C=C\CCCCCCCCCC)COC(OCC[N+](C)(C)C)C(=O)[O-]. The van der Waals surface area contributed by atoms with Gasteiger partial charge in [0.1, 0.15) is 13.2 Å². The summed E-state index contributed by atoms with van der Waals surface area (Å²) in [6.45, 7) is 4.72. The fourth-order valence-electron chi connectivity index (χ4n) is 13.9. The highest BCUT2D eigenvalue weighted by Gasteiger charge is 2.22. The summed E-state index contributed by atoms with van der Waals surface area (Å²) in [5, 5.41) is 11.9. The summed E-state index contributed by atoms with van der Waals surface area (Å²) in [6, 6.07) is 0. The largest absolute Gasteiger partial charge is 0.545 e. The molecule has 103 heavy (non-hydrogen) atoms. The first-order chi connectivity index (χ1) is 50.6. The maximum absolute atomic E-state index is 13.0. The molecule has 9 nitrogen and oxygen atoms in total. The van der Waals surface area contributed by atoms with Crippen LogP contribution in [0.1, 0.15) is 463 Å². The summed E-state index contributed by atoms with van der Waals surface area (Å²) in [7, 11) is 5.96. The quantitative estimate of drug-likeness (QED) is 0.0195. The molecule has 0 amide bonds. The predicted molar refractivity (Wildman–Crippen MR) is 445 cm³/mol. The molecule has 0 aliphatic heterocycles. The zero-order chi connectivity index (χ0) is 74.6. The van der Waals surface area contributed by atoms with Crippen LogP contribution in [0, 0.1) is 0 Å². The van der Waals surface area contributed by atoms with E-state index < -0.39 is 24.3 Å². The Hall–Kier alpha value is -3.01. The van der Waals surface area contributed by atoms with E-state index in [9.17, 15) is 19.5 Å². The Bertz CT molecular complexity index is 1880. The van der Waals surface area contributed by atoms with Crippen LogP contribution < -0.4 is 5.11 Å². The molecule has 0 fully saturated rings. The number of ether oxygens (including phenoxy) is 4. The van der Waals surface area contributed by atoms with Crippen molar-refractivity contribution in [2.45, 2.75) is 476 Å². The highest BCUT2D eigenvalue weighted by atomic mass is 16.7. The van der Waals surface area contributed by atoms with Gasteiger partial charge in [0.25, 0.3) is 0 Å². The standard InChI is InChI=1S/C94H175NO8/c1-6-8-10-12-14-16-18-20-22-24-26-28-30-32-34-36-38-40-42-44-45-46-47-49-51-53-55-57-59-61-63-65-67-69-71-73-75-77-79-81-83-85-92(97)103-90(89-102-94(93(98)99)100-87-86-95(3,4)5)88-101-91(96)84-82-80-78-76-74-72-70-68-66-64-62-60-58-56-54-52-50-48-43-41-39-37-35-33-31-29-27-25-23-21-19-17-15-13-11-9-7-2/h8,10,14,16,20,22,25-28,90,94H,6-7,9,11-13,15,17-19,21,23-24,29-89H2,1-5H3/b10-8-,16-14-,22-20-,27-25-,28-26-. The monoisotopic (exact) mass is 1450 g/mol. The van der Waals surface area contributed by atoms with E-state index in [-0.39, 0.29) is 32.2 Å². The van der Waals surface area contributed by atoms with Crippen molar-refractivity contribution in [3.63, 3.8) is 0 Å².